The van der Waals surface area contributed by atoms with E-state index in [9.17, 15) is 14.7 Å². The standard InChI is InChI=1S/C17H21NO4/c1-18-7-6-16(12-4-3-5-13(8-12)22-2)9-14(19)15(20)10-17(16,21)11-18/h3-5,8,21H,6-7,9-11H2,1-2H3. The van der Waals surface area contributed by atoms with Crippen molar-refractivity contribution in [3.05, 3.63) is 29.8 Å². The lowest BCUT2D eigenvalue weighted by atomic mass is 9.56. The van der Waals surface area contributed by atoms with E-state index >= 15 is 0 Å². The summed E-state index contributed by atoms with van der Waals surface area (Å²) in [4.78, 5) is 26.0. The maximum atomic E-state index is 12.1. The molecule has 0 bridgehead atoms. The molecule has 2 fully saturated rings. The van der Waals surface area contributed by atoms with Gasteiger partial charge in [-0.05, 0) is 37.7 Å². The lowest BCUT2D eigenvalue weighted by Crippen LogP contribution is -2.66. The number of fused-ring (bicyclic) bond motifs is 1. The summed E-state index contributed by atoms with van der Waals surface area (Å²) in [6.45, 7) is 1.17. The molecule has 2 unspecified atom stereocenters. The van der Waals surface area contributed by atoms with Crippen LogP contribution in [0.4, 0.5) is 0 Å². The van der Waals surface area contributed by atoms with Crippen LogP contribution in [0.5, 0.6) is 5.75 Å². The summed E-state index contributed by atoms with van der Waals surface area (Å²) in [5.74, 6) is -0.147. The molecule has 1 aromatic rings. The number of Topliss-reactive ketones (excluding diaryl/α,β-unsaturated/α-hetero) is 2. The van der Waals surface area contributed by atoms with Gasteiger partial charge in [-0.25, -0.2) is 0 Å². The van der Waals surface area contributed by atoms with E-state index in [1.165, 1.54) is 0 Å². The molecule has 1 aromatic carbocycles. The molecule has 2 aliphatic rings. The largest absolute Gasteiger partial charge is 0.497 e. The molecule has 1 aliphatic heterocycles. The zero-order valence-electron chi connectivity index (χ0n) is 13.0. The monoisotopic (exact) mass is 303 g/mol. The van der Waals surface area contributed by atoms with Crippen molar-refractivity contribution in [3.63, 3.8) is 0 Å². The van der Waals surface area contributed by atoms with Gasteiger partial charge in [0.1, 0.15) is 5.75 Å². The molecule has 5 heteroatoms. The first-order valence-electron chi connectivity index (χ1n) is 7.52. The van der Waals surface area contributed by atoms with E-state index in [1.807, 2.05) is 36.2 Å². The first kappa shape index (κ1) is 15.2. The Morgan fingerprint density at radius 1 is 1.23 bits per heavy atom. The number of carbonyl (C=O) groups is 2. The summed E-state index contributed by atoms with van der Waals surface area (Å²) in [5.41, 5.74) is -1.04. The topological polar surface area (TPSA) is 66.8 Å². The highest BCUT2D eigenvalue weighted by atomic mass is 16.5. The molecule has 1 N–H and O–H groups in total. The minimum atomic E-state index is -1.21. The van der Waals surface area contributed by atoms with Crippen LogP contribution >= 0.6 is 0 Å². The molecular weight excluding hydrogens is 282 g/mol. The molecular formula is C17H21NO4. The van der Waals surface area contributed by atoms with Gasteiger partial charge in [0.15, 0.2) is 5.78 Å². The molecule has 1 heterocycles. The molecule has 0 amide bonds. The number of piperidine rings is 1. The van der Waals surface area contributed by atoms with Crippen LogP contribution in [0.3, 0.4) is 0 Å². The van der Waals surface area contributed by atoms with Gasteiger partial charge >= 0.3 is 0 Å². The predicted octanol–water partition coefficient (Wildman–Crippen LogP) is 0.932. The van der Waals surface area contributed by atoms with Gasteiger partial charge in [0.2, 0.25) is 5.78 Å². The molecule has 5 nitrogen and oxygen atoms in total. The first-order chi connectivity index (χ1) is 10.4. The van der Waals surface area contributed by atoms with Gasteiger partial charge in [-0.3, -0.25) is 9.59 Å². The SMILES string of the molecule is COc1cccc(C23CCN(C)CC2(O)CC(=O)C(=O)C3)c1. The van der Waals surface area contributed by atoms with Crippen molar-refractivity contribution >= 4 is 11.6 Å². The van der Waals surface area contributed by atoms with Crippen LogP contribution < -0.4 is 4.74 Å². The maximum absolute atomic E-state index is 12.1. The molecule has 118 valence electrons. The number of nitrogens with zero attached hydrogens (tertiary/aromatic N) is 1. The molecule has 1 saturated carbocycles. The molecule has 1 aliphatic carbocycles. The summed E-state index contributed by atoms with van der Waals surface area (Å²) in [7, 11) is 3.52. The highest BCUT2D eigenvalue weighted by Crippen LogP contribution is 2.50. The van der Waals surface area contributed by atoms with E-state index in [0.29, 0.717) is 18.7 Å². The number of benzene rings is 1. The minimum Gasteiger partial charge on any atom is -0.497 e. The number of hydrogen-bond donors (Lipinski definition) is 1. The Labute approximate surface area is 129 Å². The number of aliphatic hydroxyl groups is 1. The second-order valence-corrected chi connectivity index (χ2v) is 6.53. The van der Waals surface area contributed by atoms with Crippen molar-refractivity contribution in [2.75, 3.05) is 27.2 Å². The highest BCUT2D eigenvalue weighted by molar-refractivity contribution is 6.38. The number of likely N-dealkylation sites (tertiary alicyclic amines) is 1. The summed E-state index contributed by atoms with van der Waals surface area (Å²) < 4.78 is 5.28. The molecule has 22 heavy (non-hydrogen) atoms. The Balaban J connectivity index is 2.12. The zero-order chi connectivity index (χ0) is 16.0. The van der Waals surface area contributed by atoms with Crippen LogP contribution in [-0.4, -0.2) is 54.4 Å². The second kappa shape index (κ2) is 5.18. The number of carbonyl (C=O) groups excluding carboxylic acids is 2. The van der Waals surface area contributed by atoms with Gasteiger partial charge in [-0.15, -0.1) is 0 Å². The number of rotatable bonds is 2. The van der Waals surface area contributed by atoms with Crippen molar-refractivity contribution < 1.29 is 19.4 Å². The van der Waals surface area contributed by atoms with Gasteiger partial charge in [0.25, 0.3) is 0 Å². The van der Waals surface area contributed by atoms with Crippen LogP contribution in [-0.2, 0) is 15.0 Å². The number of likely N-dealkylation sites (N-methyl/N-ethyl adjacent to an activating group) is 1. The van der Waals surface area contributed by atoms with Crippen molar-refractivity contribution in [2.45, 2.75) is 30.3 Å². The van der Waals surface area contributed by atoms with E-state index in [0.717, 1.165) is 12.1 Å². The summed E-state index contributed by atoms with van der Waals surface area (Å²) >= 11 is 0. The van der Waals surface area contributed by atoms with Crippen molar-refractivity contribution in [1.29, 1.82) is 0 Å². The van der Waals surface area contributed by atoms with Gasteiger partial charge < -0.3 is 14.7 Å². The lowest BCUT2D eigenvalue weighted by molar-refractivity contribution is -0.159. The Kier molecular flexibility index (Phi) is 3.57. The third-order valence-corrected chi connectivity index (χ3v) is 5.19. The minimum absolute atomic E-state index is 0.0728. The smallest absolute Gasteiger partial charge is 0.201 e. The summed E-state index contributed by atoms with van der Waals surface area (Å²) in [6, 6.07) is 7.49. The molecule has 0 aromatic heterocycles. The number of methoxy groups -OCH3 is 1. The van der Waals surface area contributed by atoms with Gasteiger partial charge in [0, 0.05) is 24.8 Å². The van der Waals surface area contributed by atoms with Crippen LogP contribution in [0.15, 0.2) is 24.3 Å². The fraction of sp³-hybridized carbons (Fsp3) is 0.529. The molecule has 2 atom stereocenters. The van der Waals surface area contributed by atoms with Crippen LogP contribution in [0.25, 0.3) is 0 Å². The van der Waals surface area contributed by atoms with E-state index < -0.39 is 16.8 Å². The fourth-order valence-corrected chi connectivity index (χ4v) is 3.94. The van der Waals surface area contributed by atoms with E-state index in [1.54, 1.807) is 7.11 Å². The molecule has 3 rings (SSSR count). The summed E-state index contributed by atoms with van der Waals surface area (Å²) in [6.07, 6.45) is 0.614. The lowest BCUT2D eigenvalue weighted by Gasteiger charge is -2.55. The van der Waals surface area contributed by atoms with Crippen LogP contribution in [0, 0.1) is 0 Å². The molecule has 1 saturated heterocycles. The Bertz CT molecular complexity index is 629. The third-order valence-electron chi connectivity index (χ3n) is 5.19. The average molecular weight is 303 g/mol. The number of ketones is 2. The normalized spacial score (nSPS) is 32.7. The predicted molar refractivity (Wildman–Crippen MR) is 81.0 cm³/mol. The van der Waals surface area contributed by atoms with E-state index in [2.05, 4.69) is 0 Å². The van der Waals surface area contributed by atoms with E-state index in [-0.39, 0.29) is 18.6 Å². The Hall–Kier alpha value is -1.72. The van der Waals surface area contributed by atoms with Crippen LogP contribution in [0.2, 0.25) is 0 Å². The highest BCUT2D eigenvalue weighted by Gasteiger charge is 2.59. The second-order valence-electron chi connectivity index (χ2n) is 6.53. The zero-order valence-corrected chi connectivity index (χ0v) is 13.0. The van der Waals surface area contributed by atoms with Crippen LogP contribution in [0.1, 0.15) is 24.8 Å². The van der Waals surface area contributed by atoms with Crippen molar-refractivity contribution in [3.8, 4) is 5.75 Å². The van der Waals surface area contributed by atoms with Crippen molar-refractivity contribution in [2.24, 2.45) is 0 Å². The number of hydrogen-bond acceptors (Lipinski definition) is 5. The Morgan fingerprint density at radius 3 is 2.68 bits per heavy atom. The Morgan fingerprint density at radius 2 is 1.95 bits per heavy atom. The maximum Gasteiger partial charge on any atom is 0.201 e. The quantitative estimate of drug-likeness (QED) is 0.823. The average Bonchev–Trinajstić information content (AvgIpc) is 2.49. The van der Waals surface area contributed by atoms with Gasteiger partial charge in [-0.1, -0.05) is 12.1 Å². The van der Waals surface area contributed by atoms with Gasteiger partial charge in [0.05, 0.1) is 12.7 Å². The third kappa shape index (κ3) is 2.16. The van der Waals surface area contributed by atoms with Crippen molar-refractivity contribution in [1.82, 2.24) is 4.90 Å². The van der Waals surface area contributed by atoms with E-state index in [4.69, 9.17) is 4.74 Å². The summed E-state index contributed by atoms with van der Waals surface area (Å²) in [5, 5.41) is 11.3. The number of β-amino-alcohol motifs (C(OH)–C–C–N with tert-alkyl or cyclic N) is 1. The first-order valence-corrected chi connectivity index (χ1v) is 7.52. The van der Waals surface area contributed by atoms with Gasteiger partial charge in [-0.2, -0.15) is 0 Å². The fourth-order valence-electron chi connectivity index (χ4n) is 3.94. The molecule has 0 spiro atoms. The number of ether oxygens (including phenoxy) is 1. The molecule has 0 radical (unpaired) electrons.